The van der Waals surface area contributed by atoms with Crippen LogP contribution in [0, 0.1) is 0 Å². The number of oxime groups is 1. The molecule has 2 rings (SSSR count). The Balaban J connectivity index is 1.99. The van der Waals surface area contributed by atoms with E-state index in [0.717, 1.165) is 18.4 Å². The van der Waals surface area contributed by atoms with Crippen LogP contribution >= 0.6 is 28.6 Å². The molecule has 1 aliphatic carbocycles. The van der Waals surface area contributed by atoms with Crippen molar-refractivity contribution in [2.45, 2.75) is 35.4 Å². The van der Waals surface area contributed by atoms with Crippen molar-refractivity contribution in [1.29, 1.82) is 0 Å². The number of hydrogen-bond acceptors (Lipinski definition) is 5. The molecule has 3 atom stereocenters. The van der Waals surface area contributed by atoms with Gasteiger partial charge in [0.2, 0.25) is 0 Å². The zero-order valence-corrected chi connectivity index (χ0v) is 16.0. The van der Waals surface area contributed by atoms with Crippen LogP contribution in [0.5, 0.6) is 5.75 Å². The first-order chi connectivity index (χ1) is 10.4. The van der Waals surface area contributed by atoms with Crippen LogP contribution in [-0.2, 0) is 11.2 Å². The summed E-state index contributed by atoms with van der Waals surface area (Å²) >= 11 is 10.3. The summed E-state index contributed by atoms with van der Waals surface area (Å²) in [7, 11) is 0. The first-order valence-corrected chi connectivity index (χ1v) is 9.15. The minimum atomic E-state index is -0.376. The Morgan fingerprint density at radius 1 is 1.50 bits per heavy atom. The molecule has 120 valence electrons. The zero-order chi connectivity index (χ0) is 16.3. The van der Waals surface area contributed by atoms with Crippen molar-refractivity contribution in [1.82, 2.24) is 5.32 Å². The van der Waals surface area contributed by atoms with Crippen molar-refractivity contribution < 1.29 is 15.1 Å². The van der Waals surface area contributed by atoms with E-state index in [1.165, 1.54) is 6.07 Å². The number of thiol groups is 1. The number of aromatic hydroxyl groups is 1. The minimum absolute atomic E-state index is 0.0438. The van der Waals surface area contributed by atoms with E-state index in [1.807, 2.05) is 0 Å². The molecule has 0 heterocycles. The number of rotatable bonds is 4. The van der Waals surface area contributed by atoms with Crippen LogP contribution in [-0.4, -0.2) is 49.2 Å². The van der Waals surface area contributed by atoms with Crippen molar-refractivity contribution in [2.75, 3.05) is 0 Å². The molecular weight excluding hydrogens is 435 g/mol. The Morgan fingerprint density at radius 3 is 2.77 bits per heavy atom. The Kier molecular flexibility index (Phi) is 6.20. The average molecular weight is 452 g/mol. The fourth-order valence-corrected chi connectivity index (χ4v) is 3.99. The Hall–Kier alpha value is -0.691. The fraction of sp³-hybridized carbons (Fsp3) is 0.429. The third-order valence-corrected chi connectivity index (χ3v) is 6.51. The third-order valence-electron chi connectivity index (χ3n) is 3.60. The van der Waals surface area contributed by atoms with Gasteiger partial charge < -0.3 is 0 Å². The first-order valence-electron chi connectivity index (χ1n) is 6.76. The topological polar surface area (TPSA) is 81.9 Å². The molecule has 1 amide bonds. The number of phenolic OH excluding ortho intramolecular Hbond substituents is 1. The van der Waals surface area contributed by atoms with Gasteiger partial charge in [0.15, 0.2) is 0 Å². The molecule has 22 heavy (non-hydrogen) atoms. The van der Waals surface area contributed by atoms with Gasteiger partial charge >= 0.3 is 151 Å². The molecule has 0 aromatic heterocycles. The maximum atomic E-state index is 12.2. The molecule has 0 aliphatic heterocycles. The number of amides is 1. The van der Waals surface area contributed by atoms with E-state index in [1.54, 1.807) is 12.1 Å². The Morgan fingerprint density at radius 2 is 2.23 bits per heavy atom. The van der Waals surface area contributed by atoms with Crippen LogP contribution < -0.4 is 5.32 Å². The normalized spacial score (nSPS) is 25.2. The number of carbonyl (C=O) groups excluding carboxylic acids is 1. The molecule has 1 aromatic rings. The summed E-state index contributed by atoms with van der Waals surface area (Å²) in [5.41, 5.74) is 0.804. The number of benzene rings is 1. The molecule has 0 bridgehead atoms. The molecule has 0 spiro atoms. The van der Waals surface area contributed by atoms with E-state index >= 15 is 0 Å². The van der Waals surface area contributed by atoms with E-state index in [9.17, 15) is 9.90 Å². The predicted octanol–water partition coefficient (Wildman–Crippen LogP) is 1.79. The molecule has 1 aliphatic rings. The van der Waals surface area contributed by atoms with Crippen LogP contribution in [0.25, 0.3) is 0 Å². The summed E-state index contributed by atoms with van der Waals surface area (Å²) in [6.45, 7) is 0. The summed E-state index contributed by atoms with van der Waals surface area (Å²) in [6.07, 6.45) is 1.84. The van der Waals surface area contributed by atoms with Crippen LogP contribution in [0.4, 0.5) is 0 Å². The molecule has 3 N–H and O–H groups in total. The zero-order valence-electron chi connectivity index (χ0n) is 11.6. The monoisotopic (exact) mass is 452 g/mol. The number of nitrogens with one attached hydrogen (secondary N) is 1. The van der Waals surface area contributed by atoms with Gasteiger partial charge in [0.1, 0.15) is 0 Å². The number of nitrogens with zero attached hydrogens (tertiary/aromatic N) is 1. The van der Waals surface area contributed by atoms with E-state index < -0.39 is 0 Å². The molecule has 0 radical (unpaired) electrons. The van der Waals surface area contributed by atoms with E-state index in [-0.39, 0.29) is 35.1 Å². The van der Waals surface area contributed by atoms with Gasteiger partial charge in [-0.15, -0.1) is 0 Å². The molecule has 0 saturated heterocycles. The van der Waals surface area contributed by atoms with Crippen LogP contribution in [0.15, 0.2) is 27.8 Å². The van der Waals surface area contributed by atoms with Gasteiger partial charge in [0, 0.05) is 0 Å². The van der Waals surface area contributed by atoms with Gasteiger partial charge in [0.25, 0.3) is 0 Å². The van der Waals surface area contributed by atoms with E-state index in [0.29, 0.717) is 9.29 Å². The molecule has 1 aromatic carbocycles. The van der Waals surface area contributed by atoms with E-state index in [4.69, 9.17) is 5.21 Å². The van der Waals surface area contributed by atoms with Crippen molar-refractivity contribution in [3.8, 4) is 5.75 Å². The average Bonchev–Trinajstić information content (AvgIpc) is 2.78. The second kappa shape index (κ2) is 7.72. The summed E-state index contributed by atoms with van der Waals surface area (Å²) in [4.78, 5) is 12.6. The quantitative estimate of drug-likeness (QED) is 0.185. The van der Waals surface area contributed by atoms with Crippen molar-refractivity contribution in [3.63, 3.8) is 0 Å². The Labute approximate surface area is 150 Å². The van der Waals surface area contributed by atoms with Gasteiger partial charge in [-0.25, -0.2) is 0 Å². The van der Waals surface area contributed by atoms with Crippen molar-refractivity contribution in [3.05, 3.63) is 28.2 Å². The number of hydrogen-bond donors (Lipinski definition) is 4. The van der Waals surface area contributed by atoms with Crippen LogP contribution in [0.2, 0.25) is 4.82 Å². The standard InChI is InChI=1S/C14H17BrN2O3SSe/c15-9-3-7(1-2-11(9)18)4-10(17-20)14(19)16-8-5-12(21)13(22)6-8/h1-3,8,12-13,18,20-22H,4-6H2,(H,16,19)/b17-10+. The number of carbonyl (C=O) groups is 1. The van der Waals surface area contributed by atoms with Crippen LogP contribution in [0.3, 0.4) is 0 Å². The van der Waals surface area contributed by atoms with Gasteiger partial charge in [0.05, 0.1) is 0 Å². The predicted molar refractivity (Wildman–Crippen MR) is 93.6 cm³/mol. The second-order valence-corrected chi connectivity index (χ2v) is 8.19. The van der Waals surface area contributed by atoms with E-state index in [2.05, 4.69) is 55.0 Å². The van der Waals surface area contributed by atoms with Gasteiger partial charge in [-0.1, -0.05) is 0 Å². The first kappa shape index (κ1) is 17.7. The summed E-state index contributed by atoms with van der Waals surface area (Å²) < 4.78 is 0.531. The van der Waals surface area contributed by atoms with Crippen molar-refractivity contribution >= 4 is 56.2 Å². The third kappa shape index (κ3) is 4.41. The molecule has 8 heteroatoms. The van der Waals surface area contributed by atoms with Gasteiger partial charge in [-0.2, -0.15) is 0 Å². The number of phenols is 1. The SMILES string of the molecule is O=C(NC1CC(S)C([SeH])C1)/C(Cc1ccc(O)c(Br)c1)=N/O. The molecule has 3 unspecified atom stereocenters. The molecule has 1 saturated carbocycles. The summed E-state index contributed by atoms with van der Waals surface area (Å²) in [5.74, 6) is -0.257. The Bertz CT molecular complexity index is 589. The van der Waals surface area contributed by atoms with Crippen molar-refractivity contribution in [2.24, 2.45) is 5.16 Å². The molecule has 5 nitrogen and oxygen atoms in total. The number of halogens is 1. The summed E-state index contributed by atoms with van der Waals surface area (Å²) in [5, 5.41) is 24.8. The fourth-order valence-electron chi connectivity index (χ4n) is 2.39. The van der Waals surface area contributed by atoms with Gasteiger partial charge in [-0.3, -0.25) is 0 Å². The molecule has 1 fully saturated rings. The summed E-state index contributed by atoms with van der Waals surface area (Å²) in [6, 6.07) is 4.94. The second-order valence-electron chi connectivity index (χ2n) is 5.29. The molecular formula is C14H17BrN2O3SSe. The van der Waals surface area contributed by atoms with Crippen LogP contribution in [0.1, 0.15) is 18.4 Å². The maximum absolute atomic E-state index is 12.2. The van der Waals surface area contributed by atoms with Gasteiger partial charge in [-0.05, 0) is 0 Å².